The van der Waals surface area contributed by atoms with Crippen molar-refractivity contribution in [2.45, 2.75) is 45.2 Å². The number of carbonyl (C=O) groups excluding carboxylic acids is 2. The Hall–Kier alpha value is -2.08. The van der Waals surface area contributed by atoms with Crippen molar-refractivity contribution in [1.29, 1.82) is 0 Å². The first-order valence-corrected chi connectivity index (χ1v) is 9.72. The summed E-state index contributed by atoms with van der Waals surface area (Å²) in [7, 11) is 0. The lowest BCUT2D eigenvalue weighted by molar-refractivity contribution is -0.122. The van der Waals surface area contributed by atoms with E-state index < -0.39 is 6.04 Å². The summed E-state index contributed by atoms with van der Waals surface area (Å²) < 4.78 is 0. The van der Waals surface area contributed by atoms with Gasteiger partial charge < -0.3 is 15.5 Å². The number of hydrogen-bond donors (Lipinski definition) is 2. The number of hydrogen-bond acceptors (Lipinski definition) is 4. The van der Waals surface area contributed by atoms with Gasteiger partial charge in [-0.05, 0) is 57.4 Å². The second-order valence-electron chi connectivity index (χ2n) is 7.48. The van der Waals surface area contributed by atoms with Crippen molar-refractivity contribution in [3.05, 3.63) is 29.8 Å². The van der Waals surface area contributed by atoms with Crippen molar-refractivity contribution < 1.29 is 9.59 Å². The molecule has 1 aromatic carbocycles. The molecule has 2 aliphatic heterocycles. The predicted molar refractivity (Wildman–Crippen MR) is 103 cm³/mol. The minimum Gasteiger partial charge on any atom is -0.369 e. The molecule has 6 nitrogen and oxygen atoms in total. The Morgan fingerprint density at radius 2 is 1.81 bits per heavy atom. The molecule has 26 heavy (non-hydrogen) atoms. The van der Waals surface area contributed by atoms with Gasteiger partial charge in [0.2, 0.25) is 5.91 Å². The highest BCUT2D eigenvalue weighted by molar-refractivity contribution is 5.97. The molecule has 2 aliphatic rings. The zero-order valence-electron chi connectivity index (χ0n) is 15.8. The molecule has 1 aromatic rings. The molecular formula is C20H30N4O2. The van der Waals surface area contributed by atoms with Crippen molar-refractivity contribution in [3.63, 3.8) is 0 Å². The third-order valence-electron chi connectivity index (χ3n) is 5.38. The van der Waals surface area contributed by atoms with Gasteiger partial charge in [-0.1, -0.05) is 0 Å². The minimum atomic E-state index is -0.422. The van der Waals surface area contributed by atoms with Crippen LogP contribution in [0.1, 0.15) is 43.5 Å². The minimum absolute atomic E-state index is 0.0736. The Bertz CT molecular complexity index is 621. The molecule has 2 heterocycles. The highest BCUT2D eigenvalue weighted by atomic mass is 16.2. The van der Waals surface area contributed by atoms with Crippen LogP contribution in [0.3, 0.4) is 0 Å². The maximum absolute atomic E-state index is 12.5. The molecule has 1 unspecified atom stereocenters. The van der Waals surface area contributed by atoms with Gasteiger partial charge in [-0.25, -0.2) is 0 Å². The van der Waals surface area contributed by atoms with Crippen LogP contribution >= 0.6 is 0 Å². The van der Waals surface area contributed by atoms with Crippen molar-refractivity contribution in [3.8, 4) is 0 Å². The Labute approximate surface area is 155 Å². The van der Waals surface area contributed by atoms with E-state index in [9.17, 15) is 9.59 Å². The van der Waals surface area contributed by atoms with Crippen LogP contribution in [0.5, 0.6) is 0 Å². The third-order valence-corrected chi connectivity index (χ3v) is 5.38. The molecule has 0 radical (unpaired) electrons. The van der Waals surface area contributed by atoms with Crippen LogP contribution in [0.2, 0.25) is 0 Å². The van der Waals surface area contributed by atoms with Crippen molar-refractivity contribution >= 4 is 17.5 Å². The number of piperazine rings is 1. The second kappa shape index (κ2) is 8.54. The molecule has 1 atom stereocenters. The van der Waals surface area contributed by atoms with E-state index in [1.54, 1.807) is 0 Å². The van der Waals surface area contributed by atoms with Gasteiger partial charge in [0.15, 0.2) is 0 Å². The summed E-state index contributed by atoms with van der Waals surface area (Å²) in [5.74, 6) is -0.251. The highest BCUT2D eigenvalue weighted by Crippen LogP contribution is 2.18. The molecule has 0 bridgehead atoms. The zero-order chi connectivity index (χ0) is 18.5. The van der Waals surface area contributed by atoms with Gasteiger partial charge in [0, 0.05) is 50.0 Å². The normalized spacial score (nSPS) is 22.0. The molecule has 0 saturated carbocycles. The van der Waals surface area contributed by atoms with Gasteiger partial charge in [-0.3, -0.25) is 14.5 Å². The lowest BCUT2D eigenvalue weighted by atomic mass is 10.1. The van der Waals surface area contributed by atoms with Crippen molar-refractivity contribution in [1.82, 2.24) is 15.5 Å². The number of carbonyl (C=O) groups is 2. The van der Waals surface area contributed by atoms with Crippen LogP contribution in [0.25, 0.3) is 0 Å². The lowest BCUT2D eigenvalue weighted by Gasteiger charge is -2.38. The topological polar surface area (TPSA) is 64.7 Å². The number of amides is 2. The SMILES string of the molecule is CC(C)N1CCN(c2ccc(C(=O)NC3CCCCNC3=O)cc2)CC1. The summed E-state index contributed by atoms with van der Waals surface area (Å²) in [5, 5.41) is 5.72. The molecule has 0 aliphatic carbocycles. The summed E-state index contributed by atoms with van der Waals surface area (Å²) in [4.78, 5) is 29.3. The maximum Gasteiger partial charge on any atom is 0.251 e. The predicted octanol–water partition coefficient (Wildman–Crippen LogP) is 1.62. The van der Waals surface area contributed by atoms with Crippen LogP contribution in [0, 0.1) is 0 Å². The van der Waals surface area contributed by atoms with E-state index in [1.807, 2.05) is 24.3 Å². The summed E-state index contributed by atoms with van der Waals surface area (Å²) in [5.41, 5.74) is 1.75. The van der Waals surface area contributed by atoms with E-state index in [0.717, 1.165) is 44.7 Å². The van der Waals surface area contributed by atoms with Crippen molar-refractivity contribution in [2.24, 2.45) is 0 Å². The first-order chi connectivity index (χ1) is 12.5. The van der Waals surface area contributed by atoms with E-state index in [2.05, 4.69) is 34.3 Å². The molecular weight excluding hydrogens is 328 g/mol. The Kier molecular flexibility index (Phi) is 6.14. The quantitative estimate of drug-likeness (QED) is 0.858. The average molecular weight is 358 g/mol. The average Bonchev–Trinajstić information content (AvgIpc) is 2.86. The molecule has 2 saturated heterocycles. The molecule has 142 valence electrons. The van der Waals surface area contributed by atoms with E-state index in [-0.39, 0.29) is 11.8 Å². The summed E-state index contributed by atoms with van der Waals surface area (Å²) in [6.07, 6.45) is 2.62. The van der Waals surface area contributed by atoms with Crippen LogP contribution in [-0.4, -0.2) is 61.5 Å². The van der Waals surface area contributed by atoms with Gasteiger partial charge in [0.1, 0.15) is 6.04 Å². The fraction of sp³-hybridized carbons (Fsp3) is 0.600. The molecule has 2 fully saturated rings. The fourth-order valence-corrected chi connectivity index (χ4v) is 3.64. The number of rotatable bonds is 4. The van der Waals surface area contributed by atoms with Gasteiger partial charge in [0.25, 0.3) is 5.91 Å². The van der Waals surface area contributed by atoms with Crippen LogP contribution in [-0.2, 0) is 4.79 Å². The Morgan fingerprint density at radius 1 is 1.12 bits per heavy atom. The van der Waals surface area contributed by atoms with E-state index in [0.29, 0.717) is 24.6 Å². The van der Waals surface area contributed by atoms with Gasteiger partial charge in [-0.2, -0.15) is 0 Å². The monoisotopic (exact) mass is 358 g/mol. The third kappa shape index (κ3) is 4.55. The summed E-state index contributed by atoms with van der Waals surface area (Å²) in [6.45, 7) is 9.31. The summed E-state index contributed by atoms with van der Waals surface area (Å²) >= 11 is 0. The van der Waals surface area contributed by atoms with Gasteiger partial charge in [0.05, 0.1) is 0 Å². The Balaban J connectivity index is 1.57. The molecule has 0 spiro atoms. The van der Waals surface area contributed by atoms with E-state index in [1.165, 1.54) is 0 Å². The van der Waals surface area contributed by atoms with Gasteiger partial charge >= 0.3 is 0 Å². The molecule has 2 amide bonds. The molecule has 6 heteroatoms. The molecule has 2 N–H and O–H groups in total. The first kappa shape index (κ1) is 18.7. The molecule has 0 aromatic heterocycles. The number of nitrogens with zero attached hydrogens (tertiary/aromatic N) is 2. The number of benzene rings is 1. The van der Waals surface area contributed by atoms with Crippen molar-refractivity contribution in [2.75, 3.05) is 37.6 Å². The van der Waals surface area contributed by atoms with Gasteiger partial charge in [-0.15, -0.1) is 0 Å². The van der Waals surface area contributed by atoms with Crippen LogP contribution < -0.4 is 15.5 Å². The molecule has 3 rings (SSSR count). The lowest BCUT2D eigenvalue weighted by Crippen LogP contribution is -2.48. The number of nitrogens with one attached hydrogen (secondary N) is 2. The van der Waals surface area contributed by atoms with E-state index in [4.69, 9.17) is 0 Å². The largest absolute Gasteiger partial charge is 0.369 e. The summed E-state index contributed by atoms with van der Waals surface area (Å²) in [6, 6.07) is 7.89. The van der Waals surface area contributed by atoms with E-state index >= 15 is 0 Å². The second-order valence-corrected chi connectivity index (χ2v) is 7.48. The number of anilines is 1. The smallest absolute Gasteiger partial charge is 0.251 e. The van der Waals surface area contributed by atoms with Crippen LogP contribution in [0.4, 0.5) is 5.69 Å². The standard InChI is InChI=1S/C20H30N4O2/c1-15(2)23-11-13-24(14-12-23)17-8-6-16(7-9-17)19(25)22-18-5-3-4-10-21-20(18)26/h6-9,15,18H,3-5,10-14H2,1-2H3,(H,21,26)(H,22,25). The highest BCUT2D eigenvalue weighted by Gasteiger charge is 2.23. The Morgan fingerprint density at radius 3 is 2.46 bits per heavy atom. The first-order valence-electron chi connectivity index (χ1n) is 9.72. The maximum atomic E-state index is 12.5. The zero-order valence-corrected chi connectivity index (χ0v) is 15.8. The van der Waals surface area contributed by atoms with Crippen LogP contribution in [0.15, 0.2) is 24.3 Å². The fourth-order valence-electron chi connectivity index (χ4n) is 3.64.